The molecular weight excluding hydrogens is 614 g/mol. The second-order valence-electron chi connectivity index (χ2n) is 12.5. The molecule has 0 unspecified atom stereocenters. The van der Waals surface area contributed by atoms with Crippen molar-refractivity contribution in [2.24, 2.45) is 12.8 Å². The molecule has 5 atom stereocenters. The Kier molecular flexibility index (Phi) is 10.7. The molecule has 0 aliphatic carbocycles. The Morgan fingerprint density at radius 1 is 1.04 bits per heavy atom. The third-order valence-electron chi connectivity index (χ3n) is 7.59. The summed E-state index contributed by atoms with van der Waals surface area (Å²) < 4.78 is 1.52. The van der Waals surface area contributed by atoms with Gasteiger partial charge in [0.1, 0.15) is 12.1 Å². The number of alkyl halides is 1. The predicted octanol–water partition coefficient (Wildman–Crippen LogP) is 0.759. The molecule has 1 aliphatic rings. The van der Waals surface area contributed by atoms with E-state index in [1.807, 2.05) is 20.8 Å². The first-order valence-electron chi connectivity index (χ1n) is 14.9. The van der Waals surface area contributed by atoms with Crippen molar-refractivity contribution in [2.75, 3.05) is 6.54 Å². The quantitative estimate of drug-likeness (QED) is 0.189. The van der Waals surface area contributed by atoms with Crippen LogP contribution in [0.15, 0.2) is 54.6 Å². The van der Waals surface area contributed by atoms with E-state index >= 15 is 0 Å². The molecule has 0 radical (unpaired) electrons. The van der Waals surface area contributed by atoms with Crippen LogP contribution in [0.2, 0.25) is 0 Å². The Morgan fingerprint density at radius 2 is 1.70 bits per heavy atom. The van der Waals surface area contributed by atoms with Crippen LogP contribution in [-0.2, 0) is 32.6 Å². The number of carbonyl (C=O) groups is 5. The third-order valence-corrected chi connectivity index (χ3v) is 7.91. The second kappa shape index (κ2) is 14.3. The number of hydrogen-bond acceptors (Lipinski definition) is 7. The van der Waals surface area contributed by atoms with Crippen molar-refractivity contribution in [3.8, 4) is 0 Å². The maximum Gasteiger partial charge on any atom is 0.273 e. The zero-order valence-corrected chi connectivity index (χ0v) is 27.0. The fourth-order valence-electron chi connectivity index (χ4n) is 5.48. The third kappa shape index (κ3) is 8.40. The highest BCUT2D eigenvalue weighted by atomic mass is 35.5. The molecule has 1 fully saturated rings. The van der Waals surface area contributed by atoms with Crippen LogP contribution in [0.25, 0.3) is 10.9 Å². The van der Waals surface area contributed by atoms with Gasteiger partial charge in [0, 0.05) is 24.5 Å². The number of likely N-dealkylation sites (tertiary alicyclic amines) is 1. The van der Waals surface area contributed by atoms with Gasteiger partial charge in [0.25, 0.3) is 11.8 Å². The van der Waals surface area contributed by atoms with Crippen molar-refractivity contribution < 1.29 is 29.1 Å². The van der Waals surface area contributed by atoms with Gasteiger partial charge >= 0.3 is 0 Å². The van der Waals surface area contributed by atoms with Crippen molar-refractivity contribution in [2.45, 2.75) is 75.2 Å². The molecule has 13 nitrogen and oxygen atoms in total. The van der Waals surface area contributed by atoms with Gasteiger partial charge in [0.2, 0.25) is 17.7 Å². The van der Waals surface area contributed by atoms with Crippen molar-refractivity contribution >= 4 is 52.0 Å². The standard InChI is InChI=1S/C32H40ClN7O6/c1-32(2,3)37-29(44)24-15-19(33)17-40(24)31(46)27(42)21(14-18-10-6-5-7-11-18)35-28(43)22(16-25(34)41)36-30(45)26-20-12-8-9-13-23(20)39(4)38-26/h5-13,19,21-22,24,27,42H,14-17H2,1-4H3,(H2,34,41)(H,35,43)(H,36,45)(H,37,44)/t19-,21-,22-,24-,27-/m0/s1. The molecule has 1 aromatic heterocycles. The number of nitrogens with one attached hydrogen (secondary N) is 3. The Labute approximate surface area is 271 Å². The van der Waals surface area contributed by atoms with E-state index in [1.165, 1.54) is 9.58 Å². The number of benzene rings is 2. The molecule has 3 aromatic rings. The van der Waals surface area contributed by atoms with Gasteiger partial charge < -0.3 is 31.7 Å². The number of aromatic nitrogens is 2. The highest BCUT2D eigenvalue weighted by Crippen LogP contribution is 2.25. The van der Waals surface area contributed by atoms with Gasteiger partial charge in [-0.2, -0.15) is 5.10 Å². The van der Waals surface area contributed by atoms with E-state index < -0.39 is 71.1 Å². The number of carbonyl (C=O) groups excluding carboxylic acids is 5. The lowest BCUT2D eigenvalue weighted by molar-refractivity contribution is -0.147. The van der Waals surface area contributed by atoms with E-state index in [-0.39, 0.29) is 25.1 Å². The van der Waals surface area contributed by atoms with Gasteiger partial charge in [-0.25, -0.2) is 0 Å². The van der Waals surface area contributed by atoms with Gasteiger partial charge in [0.05, 0.1) is 23.4 Å². The van der Waals surface area contributed by atoms with Crippen LogP contribution in [0.5, 0.6) is 0 Å². The molecule has 6 N–H and O–H groups in total. The molecule has 4 rings (SSSR count). The number of hydrogen-bond donors (Lipinski definition) is 5. The SMILES string of the molecule is Cn1nc(C(=O)N[C@@H](CC(N)=O)C(=O)N[C@@H](Cc2ccccc2)[C@H](O)C(=O)N2C[C@@H](Cl)C[C@H]2C(=O)NC(C)(C)C)c2ccccc21. The second-order valence-corrected chi connectivity index (χ2v) is 13.1. The van der Waals surface area contributed by atoms with Gasteiger partial charge in [-0.1, -0.05) is 48.5 Å². The molecule has 0 saturated carbocycles. The van der Waals surface area contributed by atoms with Crippen molar-refractivity contribution in [3.63, 3.8) is 0 Å². The van der Waals surface area contributed by atoms with E-state index in [4.69, 9.17) is 17.3 Å². The fraction of sp³-hybridized carbons (Fsp3) is 0.438. The van der Waals surface area contributed by atoms with Crippen LogP contribution in [0, 0.1) is 0 Å². The van der Waals surface area contributed by atoms with Crippen LogP contribution in [0.1, 0.15) is 49.7 Å². The lowest BCUT2D eigenvalue weighted by atomic mass is 9.99. The average molecular weight is 654 g/mol. The van der Waals surface area contributed by atoms with Gasteiger partial charge in [-0.15, -0.1) is 11.6 Å². The first-order valence-corrected chi connectivity index (χ1v) is 15.4. The number of aliphatic hydroxyl groups excluding tert-OH is 1. The van der Waals surface area contributed by atoms with Crippen LogP contribution in [0.4, 0.5) is 0 Å². The lowest BCUT2D eigenvalue weighted by Crippen LogP contribution is -2.59. The Morgan fingerprint density at radius 3 is 2.35 bits per heavy atom. The molecule has 1 aliphatic heterocycles. The summed E-state index contributed by atoms with van der Waals surface area (Å²) in [4.78, 5) is 67.0. The number of nitrogens with zero attached hydrogens (tertiary/aromatic N) is 3. The molecule has 14 heteroatoms. The number of aliphatic hydroxyl groups is 1. The van der Waals surface area contributed by atoms with Gasteiger partial charge in [-0.05, 0) is 45.2 Å². The maximum atomic E-state index is 13.8. The van der Waals surface area contributed by atoms with Gasteiger partial charge in [-0.3, -0.25) is 28.7 Å². The minimum atomic E-state index is -1.80. The van der Waals surface area contributed by atoms with Crippen molar-refractivity contribution in [1.82, 2.24) is 30.6 Å². The summed E-state index contributed by atoms with van der Waals surface area (Å²) in [5.41, 5.74) is 6.28. The van der Waals surface area contributed by atoms with E-state index in [1.54, 1.807) is 61.6 Å². The Bertz CT molecular complexity index is 1610. The summed E-state index contributed by atoms with van der Waals surface area (Å²) >= 11 is 6.37. The van der Waals surface area contributed by atoms with E-state index in [0.29, 0.717) is 16.5 Å². The van der Waals surface area contributed by atoms with Crippen LogP contribution >= 0.6 is 11.6 Å². The molecule has 2 heterocycles. The number of amides is 5. The molecule has 2 aromatic carbocycles. The number of halogens is 1. The maximum absolute atomic E-state index is 13.8. The number of fused-ring (bicyclic) bond motifs is 1. The Balaban J connectivity index is 1.58. The molecule has 46 heavy (non-hydrogen) atoms. The smallest absolute Gasteiger partial charge is 0.273 e. The van der Waals surface area contributed by atoms with Crippen molar-refractivity contribution in [1.29, 1.82) is 0 Å². The zero-order valence-electron chi connectivity index (χ0n) is 26.2. The first-order chi connectivity index (χ1) is 21.6. The first kappa shape index (κ1) is 34.4. The minimum absolute atomic E-state index is 0.0125. The molecule has 1 saturated heterocycles. The normalized spacial score (nSPS) is 18.4. The number of rotatable bonds is 11. The number of para-hydroxylation sites is 1. The Hall–Kier alpha value is -4.49. The molecule has 5 amide bonds. The highest BCUT2D eigenvalue weighted by molar-refractivity contribution is 6.21. The summed E-state index contributed by atoms with van der Waals surface area (Å²) in [6.07, 6.45) is -2.16. The number of nitrogens with two attached hydrogens (primary N) is 1. The van der Waals surface area contributed by atoms with Crippen LogP contribution < -0.4 is 21.7 Å². The minimum Gasteiger partial charge on any atom is -0.381 e. The molecular formula is C32H40ClN7O6. The average Bonchev–Trinajstić information content (AvgIpc) is 3.55. The van der Waals surface area contributed by atoms with Crippen LogP contribution in [0.3, 0.4) is 0 Å². The monoisotopic (exact) mass is 653 g/mol. The van der Waals surface area contributed by atoms with Crippen molar-refractivity contribution in [3.05, 3.63) is 65.9 Å². The molecule has 246 valence electrons. The largest absolute Gasteiger partial charge is 0.381 e. The molecule has 0 spiro atoms. The fourth-order valence-corrected chi connectivity index (χ4v) is 5.80. The number of aryl methyl sites for hydroxylation is 1. The number of primary amides is 1. The summed E-state index contributed by atoms with van der Waals surface area (Å²) in [6, 6.07) is 12.3. The summed E-state index contributed by atoms with van der Waals surface area (Å²) in [5, 5.41) is 23.8. The van der Waals surface area contributed by atoms with Crippen LogP contribution in [-0.4, -0.2) is 91.0 Å². The van der Waals surface area contributed by atoms with E-state index in [0.717, 1.165) is 0 Å². The predicted molar refractivity (Wildman–Crippen MR) is 172 cm³/mol. The summed E-state index contributed by atoms with van der Waals surface area (Å²) in [6.45, 7) is 5.44. The summed E-state index contributed by atoms with van der Waals surface area (Å²) in [5.74, 6) is -3.63. The van der Waals surface area contributed by atoms with E-state index in [9.17, 15) is 29.1 Å². The summed E-state index contributed by atoms with van der Waals surface area (Å²) in [7, 11) is 1.67. The van der Waals surface area contributed by atoms with E-state index in [2.05, 4.69) is 21.0 Å². The lowest BCUT2D eigenvalue weighted by Gasteiger charge is -2.32. The topological polar surface area (TPSA) is 189 Å². The zero-order chi connectivity index (χ0) is 33.8. The van der Waals surface area contributed by atoms with Gasteiger partial charge in [0.15, 0.2) is 11.8 Å². The molecule has 0 bridgehead atoms. The highest BCUT2D eigenvalue weighted by Gasteiger charge is 2.43.